The number of rotatable bonds is 7. The molecule has 2 heterocycles. The molecule has 0 aliphatic heterocycles. The Morgan fingerprint density at radius 3 is 2.45 bits per heavy atom. The molecule has 0 radical (unpaired) electrons. The van der Waals surface area contributed by atoms with Crippen molar-refractivity contribution >= 4 is 18.1 Å². The normalized spacial score (nSPS) is 11.0. The molecular weight excluding hydrogens is 298 g/mol. The third-order valence-electron chi connectivity index (χ3n) is 3.30. The molecule has 0 bridgehead atoms. The summed E-state index contributed by atoms with van der Waals surface area (Å²) in [6.45, 7) is 13.6. The first-order valence-corrected chi connectivity index (χ1v) is 7.74. The zero-order valence-corrected chi connectivity index (χ0v) is 15.0. The van der Waals surface area contributed by atoms with Crippen LogP contribution in [0.2, 0.25) is 0 Å². The molecule has 2 rings (SSSR count). The molecule has 0 aliphatic carbocycles. The van der Waals surface area contributed by atoms with E-state index in [1.807, 2.05) is 17.8 Å². The van der Waals surface area contributed by atoms with E-state index in [9.17, 15) is 0 Å². The van der Waals surface area contributed by atoms with Crippen LogP contribution >= 0.6 is 12.4 Å². The molecule has 0 saturated carbocycles. The highest BCUT2D eigenvalue weighted by Gasteiger charge is 2.08. The van der Waals surface area contributed by atoms with E-state index in [4.69, 9.17) is 0 Å². The average Bonchev–Trinajstić information content (AvgIpc) is 2.92. The van der Waals surface area contributed by atoms with Crippen LogP contribution in [0, 0.1) is 18.8 Å². The quantitative estimate of drug-likeness (QED) is 0.843. The average molecular weight is 326 g/mol. The van der Waals surface area contributed by atoms with E-state index < -0.39 is 0 Å². The van der Waals surface area contributed by atoms with Gasteiger partial charge in [-0.05, 0) is 24.8 Å². The Morgan fingerprint density at radius 1 is 1.14 bits per heavy atom. The summed E-state index contributed by atoms with van der Waals surface area (Å²) in [5, 5.41) is 12.4. The van der Waals surface area contributed by atoms with Crippen LogP contribution < -0.4 is 5.32 Å². The van der Waals surface area contributed by atoms with Crippen LogP contribution in [0.1, 0.15) is 39.1 Å². The van der Waals surface area contributed by atoms with E-state index in [2.05, 4.69) is 60.2 Å². The second-order valence-electron chi connectivity index (χ2n) is 6.50. The number of aromatic nitrogens is 4. The molecule has 0 aromatic carbocycles. The summed E-state index contributed by atoms with van der Waals surface area (Å²) in [6, 6.07) is 2.07. The van der Waals surface area contributed by atoms with Gasteiger partial charge in [0.1, 0.15) is 0 Å². The van der Waals surface area contributed by atoms with Crippen molar-refractivity contribution in [3.05, 3.63) is 29.8 Å². The Bertz CT molecular complexity index is 571. The van der Waals surface area contributed by atoms with Crippen molar-refractivity contribution in [3.8, 4) is 0 Å². The number of hydrogen-bond donors (Lipinski definition) is 1. The lowest BCUT2D eigenvalue weighted by Crippen LogP contribution is -2.12. The Kier molecular flexibility index (Phi) is 6.94. The van der Waals surface area contributed by atoms with Gasteiger partial charge in [-0.25, -0.2) is 0 Å². The van der Waals surface area contributed by atoms with E-state index >= 15 is 0 Å². The van der Waals surface area contributed by atoms with Gasteiger partial charge in [0.25, 0.3) is 0 Å². The lowest BCUT2D eigenvalue weighted by molar-refractivity contribution is 0.470. The van der Waals surface area contributed by atoms with Crippen LogP contribution in [-0.4, -0.2) is 19.6 Å². The van der Waals surface area contributed by atoms with Gasteiger partial charge >= 0.3 is 0 Å². The number of nitrogens with one attached hydrogen (secondary N) is 1. The summed E-state index contributed by atoms with van der Waals surface area (Å²) >= 11 is 0. The predicted octanol–water partition coefficient (Wildman–Crippen LogP) is 3.73. The van der Waals surface area contributed by atoms with E-state index in [-0.39, 0.29) is 12.4 Å². The molecule has 0 aliphatic rings. The maximum atomic E-state index is 4.55. The maximum absolute atomic E-state index is 4.55. The lowest BCUT2D eigenvalue weighted by atomic mass is 10.2. The van der Waals surface area contributed by atoms with Gasteiger partial charge in [0, 0.05) is 25.5 Å². The Morgan fingerprint density at radius 2 is 1.82 bits per heavy atom. The molecule has 0 amide bonds. The monoisotopic (exact) mass is 325 g/mol. The maximum Gasteiger partial charge on any atom is 0.0825 e. The van der Waals surface area contributed by atoms with E-state index in [1.165, 1.54) is 5.69 Å². The molecule has 5 nitrogen and oxygen atoms in total. The molecule has 124 valence electrons. The van der Waals surface area contributed by atoms with E-state index in [1.54, 1.807) is 0 Å². The van der Waals surface area contributed by atoms with Crippen LogP contribution in [0.25, 0.3) is 0 Å². The fraction of sp³-hybridized carbons (Fsp3) is 0.625. The molecular formula is C16H28ClN5. The summed E-state index contributed by atoms with van der Waals surface area (Å²) in [7, 11) is 0. The third kappa shape index (κ3) is 5.05. The SMILES string of the molecule is Cc1nn(CC(C)C)cc1NCc1ccnn1CC(C)C.Cl. The Hall–Kier alpha value is -1.49. The Labute approximate surface area is 139 Å². The highest BCUT2D eigenvalue weighted by Crippen LogP contribution is 2.15. The largest absolute Gasteiger partial charge is 0.377 e. The second kappa shape index (κ2) is 8.22. The molecule has 22 heavy (non-hydrogen) atoms. The molecule has 2 aromatic heterocycles. The highest BCUT2D eigenvalue weighted by molar-refractivity contribution is 5.85. The van der Waals surface area contributed by atoms with Gasteiger partial charge in [-0.1, -0.05) is 27.7 Å². The van der Waals surface area contributed by atoms with Gasteiger partial charge < -0.3 is 5.32 Å². The third-order valence-corrected chi connectivity index (χ3v) is 3.30. The van der Waals surface area contributed by atoms with Crippen molar-refractivity contribution in [2.24, 2.45) is 11.8 Å². The summed E-state index contributed by atoms with van der Waals surface area (Å²) < 4.78 is 4.10. The van der Waals surface area contributed by atoms with E-state index in [0.717, 1.165) is 31.0 Å². The number of nitrogens with zero attached hydrogens (tertiary/aromatic N) is 4. The van der Waals surface area contributed by atoms with Crippen molar-refractivity contribution in [2.75, 3.05) is 5.32 Å². The number of halogens is 1. The van der Waals surface area contributed by atoms with Gasteiger partial charge in [-0.3, -0.25) is 9.36 Å². The van der Waals surface area contributed by atoms with Gasteiger partial charge in [0.05, 0.1) is 23.6 Å². The van der Waals surface area contributed by atoms with Gasteiger partial charge in [-0.15, -0.1) is 12.4 Å². The number of anilines is 1. The molecule has 2 aromatic rings. The molecule has 1 N–H and O–H groups in total. The number of hydrogen-bond acceptors (Lipinski definition) is 3. The fourth-order valence-electron chi connectivity index (χ4n) is 2.37. The first-order chi connectivity index (χ1) is 9.95. The summed E-state index contributed by atoms with van der Waals surface area (Å²) in [5.74, 6) is 1.20. The number of aryl methyl sites for hydroxylation is 1. The smallest absolute Gasteiger partial charge is 0.0825 e. The van der Waals surface area contributed by atoms with Crippen molar-refractivity contribution < 1.29 is 0 Å². The molecule has 0 atom stereocenters. The summed E-state index contributed by atoms with van der Waals surface area (Å²) in [4.78, 5) is 0. The van der Waals surface area contributed by atoms with Crippen LogP contribution in [0.3, 0.4) is 0 Å². The fourth-order valence-corrected chi connectivity index (χ4v) is 2.37. The standard InChI is InChI=1S/C16H27N5.ClH/c1-12(2)9-20-11-16(14(5)19-20)17-8-15-6-7-18-21(15)10-13(3)4;/h6-7,11-13,17H,8-10H2,1-5H3;1H. The van der Waals surface area contributed by atoms with Crippen molar-refractivity contribution in [1.29, 1.82) is 0 Å². The zero-order valence-electron chi connectivity index (χ0n) is 14.2. The second-order valence-corrected chi connectivity index (χ2v) is 6.50. The van der Waals surface area contributed by atoms with Gasteiger partial charge in [0.15, 0.2) is 0 Å². The van der Waals surface area contributed by atoms with Crippen molar-refractivity contribution in [1.82, 2.24) is 19.6 Å². The topological polar surface area (TPSA) is 47.7 Å². The van der Waals surface area contributed by atoms with Crippen LogP contribution in [0.4, 0.5) is 5.69 Å². The molecule has 0 unspecified atom stereocenters. The van der Waals surface area contributed by atoms with Gasteiger partial charge in [0.2, 0.25) is 0 Å². The predicted molar refractivity (Wildman–Crippen MR) is 93.4 cm³/mol. The Balaban J connectivity index is 0.00000242. The van der Waals surface area contributed by atoms with Crippen LogP contribution in [0.15, 0.2) is 18.5 Å². The first kappa shape index (κ1) is 18.6. The molecule has 0 spiro atoms. The van der Waals surface area contributed by atoms with Crippen LogP contribution in [-0.2, 0) is 19.6 Å². The van der Waals surface area contributed by atoms with Crippen molar-refractivity contribution in [3.63, 3.8) is 0 Å². The zero-order chi connectivity index (χ0) is 15.4. The summed E-state index contributed by atoms with van der Waals surface area (Å²) in [6.07, 6.45) is 3.97. The minimum Gasteiger partial charge on any atom is -0.377 e. The minimum absolute atomic E-state index is 0. The molecule has 0 saturated heterocycles. The highest BCUT2D eigenvalue weighted by atomic mass is 35.5. The van der Waals surface area contributed by atoms with E-state index in [0.29, 0.717) is 11.8 Å². The lowest BCUT2D eigenvalue weighted by Gasteiger charge is -2.11. The van der Waals surface area contributed by atoms with Crippen LogP contribution in [0.5, 0.6) is 0 Å². The molecule has 0 fully saturated rings. The summed E-state index contributed by atoms with van der Waals surface area (Å²) in [5.41, 5.74) is 3.36. The van der Waals surface area contributed by atoms with Crippen molar-refractivity contribution in [2.45, 2.75) is 54.3 Å². The minimum atomic E-state index is 0. The molecule has 6 heteroatoms. The first-order valence-electron chi connectivity index (χ1n) is 7.74. The van der Waals surface area contributed by atoms with Gasteiger partial charge in [-0.2, -0.15) is 10.2 Å².